The fourth-order valence-corrected chi connectivity index (χ4v) is 4.40. The van der Waals surface area contributed by atoms with E-state index in [-0.39, 0.29) is 11.7 Å². The van der Waals surface area contributed by atoms with E-state index >= 15 is 0 Å². The van der Waals surface area contributed by atoms with Crippen molar-refractivity contribution in [1.29, 1.82) is 0 Å². The molecule has 0 unspecified atom stereocenters. The second kappa shape index (κ2) is 7.40. The fraction of sp³-hybridized carbons (Fsp3) is 0.250. The molecule has 1 N–H and O–H groups in total. The van der Waals surface area contributed by atoms with Crippen LogP contribution in [0, 0.1) is 5.82 Å². The highest BCUT2D eigenvalue weighted by atomic mass is 19.1. The Bertz CT molecular complexity index is 1310. The molecule has 2 aliphatic rings. The van der Waals surface area contributed by atoms with Crippen molar-refractivity contribution in [3.05, 3.63) is 77.6 Å². The minimum absolute atomic E-state index is 0.135. The predicted molar refractivity (Wildman–Crippen MR) is 114 cm³/mol. The standard InChI is InChI=1S/C24H20FN5O2/c25-17-5-3-14(4-6-17)20-21-18(9-12-27-23(21)31)30(22(20)15-7-10-26-11-8-15)13-19-28-29-24(32-19)16-1-2-16/h3-8,10-11,16H,1-2,9,12-13H2,(H,27,31). The molecule has 32 heavy (non-hydrogen) atoms. The number of carbonyl (C=O) groups is 1. The van der Waals surface area contributed by atoms with Crippen LogP contribution in [-0.4, -0.2) is 32.2 Å². The molecule has 6 rings (SSSR count). The number of aromatic nitrogens is 4. The van der Waals surface area contributed by atoms with Crippen LogP contribution in [0.3, 0.4) is 0 Å². The van der Waals surface area contributed by atoms with Gasteiger partial charge in [-0.15, -0.1) is 10.2 Å². The van der Waals surface area contributed by atoms with Crippen LogP contribution in [-0.2, 0) is 13.0 Å². The average Bonchev–Trinajstić information content (AvgIpc) is 3.47. The number of halogens is 1. The summed E-state index contributed by atoms with van der Waals surface area (Å²) >= 11 is 0. The largest absolute Gasteiger partial charge is 0.423 e. The van der Waals surface area contributed by atoms with E-state index in [1.807, 2.05) is 12.1 Å². The van der Waals surface area contributed by atoms with E-state index in [4.69, 9.17) is 4.42 Å². The molecule has 0 spiro atoms. The summed E-state index contributed by atoms with van der Waals surface area (Å²) in [7, 11) is 0. The van der Waals surface area contributed by atoms with Crippen LogP contribution in [0.5, 0.6) is 0 Å². The molecule has 160 valence electrons. The van der Waals surface area contributed by atoms with Crippen molar-refractivity contribution in [2.75, 3.05) is 6.54 Å². The molecule has 1 fully saturated rings. The zero-order chi connectivity index (χ0) is 21.7. The van der Waals surface area contributed by atoms with E-state index in [0.29, 0.717) is 42.8 Å². The van der Waals surface area contributed by atoms with Gasteiger partial charge in [0.2, 0.25) is 11.8 Å². The summed E-state index contributed by atoms with van der Waals surface area (Å²) in [5.74, 6) is 1.11. The van der Waals surface area contributed by atoms with Gasteiger partial charge in [-0.1, -0.05) is 12.1 Å². The van der Waals surface area contributed by atoms with Crippen molar-refractivity contribution >= 4 is 5.91 Å². The Labute approximate surface area is 183 Å². The lowest BCUT2D eigenvalue weighted by Gasteiger charge is -2.16. The molecule has 1 aliphatic carbocycles. The minimum Gasteiger partial charge on any atom is -0.423 e. The number of fused-ring (bicyclic) bond motifs is 1. The molecular formula is C24H20FN5O2. The van der Waals surface area contributed by atoms with Crippen molar-refractivity contribution in [1.82, 2.24) is 25.1 Å². The number of carbonyl (C=O) groups excluding carboxylic acids is 1. The second-order valence-corrected chi connectivity index (χ2v) is 8.19. The molecule has 1 aliphatic heterocycles. The quantitative estimate of drug-likeness (QED) is 0.519. The van der Waals surface area contributed by atoms with Gasteiger partial charge in [-0.25, -0.2) is 4.39 Å². The maximum absolute atomic E-state index is 13.7. The van der Waals surface area contributed by atoms with Gasteiger partial charge in [0.05, 0.1) is 11.3 Å². The summed E-state index contributed by atoms with van der Waals surface area (Å²) < 4.78 is 21.7. The van der Waals surface area contributed by atoms with Crippen molar-refractivity contribution in [3.63, 3.8) is 0 Å². The van der Waals surface area contributed by atoms with Crippen molar-refractivity contribution in [3.8, 4) is 22.4 Å². The van der Waals surface area contributed by atoms with Gasteiger partial charge in [-0.05, 0) is 42.7 Å². The smallest absolute Gasteiger partial charge is 0.253 e. The van der Waals surface area contributed by atoms with Crippen molar-refractivity contribution in [2.24, 2.45) is 0 Å². The first-order valence-corrected chi connectivity index (χ1v) is 10.7. The fourth-order valence-electron chi connectivity index (χ4n) is 4.40. The van der Waals surface area contributed by atoms with Crippen LogP contribution in [0.15, 0.2) is 53.2 Å². The molecule has 0 saturated heterocycles. The van der Waals surface area contributed by atoms with Crippen LogP contribution in [0.1, 0.15) is 46.6 Å². The van der Waals surface area contributed by atoms with Gasteiger partial charge in [-0.3, -0.25) is 9.78 Å². The van der Waals surface area contributed by atoms with E-state index in [0.717, 1.165) is 40.9 Å². The Kier molecular flexibility index (Phi) is 4.38. The van der Waals surface area contributed by atoms with Crippen LogP contribution >= 0.6 is 0 Å². The molecule has 1 aromatic carbocycles. The number of hydrogen-bond acceptors (Lipinski definition) is 5. The molecule has 8 heteroatoms. The minimum atomic E-state index is -0.324. The Morgan fingerprint density at radius 1 is 1.03 bits per heavy atom. The first kappa shape index (κ1) is 18.9. The van der Waals surface area contributed by atoms with Gasteiger partial charge < -0.3 is 14.3 Å². The highest BCUT2D eigenvalue weighted by Crippen LogP contribution is 2.42. The number of pyridine rings is 1. The van der Waals surface area contributed by atoms with Crippen LogP contribution in [0.4, 0.5) is 4.39 Å². The lowest BCUT2D eigenvalue weighted by Crippen LogP contribution is -2.32. The SMILES string of the molecule is O=C1NCCc2c1c(-c1ccc(F)cc1)c(-c1ccncc1)n2Cc1nnc(C2CC2)o1. The predicted octanol–water partition coefficient (Wildman–Crippen LogP) is 3.95. The Balaban J connectivity index is 1.59. The number of amides is 1. The van der Waals surface area contributed by atoms with Crippen LogP contribution < -0.4 is 5.32 Å². The van der Waals surface area contributed by atoms with Crippen molar-refractivity contribution < 1.29 is 13.6 Å². The molecule has 4 heterocycles. The third-order valence-electron chi connectivity index (χ3n) is 6.03. The first-order chi connectivity index (χ1) is 15.7. The number of nitrogens with zero attached hydrogens (tertiary/aromatic N) is 4. The molecule has 0 atom stereocenters. The monoisotopic (exact) mass is 429 g/mol. The second-order valence-electron chi connectivity index (χ2n) is 8.19. The highest BCUT2D eigenvalue weighted by molar-refractivity contribution is 6.07. The van der Waals surface area contributed by atoms with Gasteiger partial charge in [-0.2, -0.15) is 0 Å². The maximum Gasteiger partial charge on any atom is 0.253 e. The maximum atomic E-state index is 13.7. The molecule has 0 bridgehead atoms. The third-order valence-corrected chi connectivity index (χ3v) is 6.03. The number of rotatable bonds is 5. The lowest BCUT2D eigenvalue weighted by atomic mass is 9.95. The van der Waals surface area contributed by atoms with E-state index in [9.17, 15) is 9.18 Å². The zero-order valence-corrected chi connectivity index (χ0v) is 17.2. The van der Waals surface area contributed by atoms with E-state index in [1.165, 1.54) is 12.1 Å². The Morgan fingerprint density at radius 2 is 1.81 bits per heavy atom. The zero-order valence-electron chi connectivity index (χ0n) is 17.2. The van der Waals surface area contributed by atoms with Gasteiger partial charge in [0.25, 0.3) is 5.91 Å². The summed E-state index contributed by atoms with van der Waals surface area (Å²) in [6.07, 6.45) is 6.27. The molecular weight excluding hydrogens is 409 g/mol. The number of benzene rings is 1. The molecule has 7 nitrogen and oxygen atoms in total. The molecule has 4 aromatic rings. The molecule has 0 radical (unpaired) electrons. The van der Waals surface area contributed by atoms with Gasteiger partial charge in [0, 0.05) is 48.1 Å². The molecule has 3 aromatic heterocycles. The number of nitrogens with one attached hydrogen (secondary N) is 1. The number of hydrogen-bond donors (Lipinski definition) is 1. The lowest BCUT2D eigenvalue weighted by molar-refractivity contribution is 0.0946. The van der Waals surface area contributed by atoms with E-state index in [2.05, 4.69) is 25.1 Å². The highest BCUT2D eigenvalue weighted by Gasteiger charge is 2.33. The summed E-state index contributed by atoms with van der Waals surface area (Å²) in [6, 6.07) is 10.1. The summed E-state index contributed by atoms with van der Waals surface area (Å²) in [5, 5.41) is 11.4. The molecule has 1 saturated carbocycles. The molecule has 1 amide bonds. The van der Waals surface area contributed by atoms with Crippen molar-refractivity contribution in [2.45, 2.75) is 31.7 Å². The van der Waals surface area contributed by atoms with E-state index < -0.39 is 0 Å². The summed E-state index contributed by atoms with van der Waals surface area (Å²) in [6.45, 7) is 0.903. The van der Waals surface area contributed by atoms with Gasteiger partial charge in [0.1, 0.15) is 12.4 Å². The normalized spacial score (nSPS) is 15.5. The topological polar surface area (TPSA) is 85.8 Å². The summed E-state index contributed by atoms with van der Waals surface area (Å²) in [4.78, 5) is 17.2. The van der Waals surface area contributed by atoms with Gasteiger partial charge in [0.15, 0.2) is 0 Å². The van der Waals surface area contributed by atoms with Crippen LogP contribution in [0.25, 0.3) is 22.4 Å². The average molecular weight is 429 g/mol. The third kappa shape index (κ3) is 3.19. The Morgan fingerprint density at radius 3 is 2.56 bits per heavy atom. The van der Waals surface area contributed by atoms with Crippen LogP contribution in [0.2, 0.25) is 0 Å². The Hall–Kier alpha value is -3.81. The first-order valence-electron chi connectivity index (χ1n) is 10.7. The van der Waals surface area contributed by atoms with E-state index in [1.54, 1.807) is 24.5 Å². The summed E-state index contributed by atoms with van der Waals surface area (Å²) in [5.41, 5.74) is 4.82. The van der Waals surface area contributed by atoms with Gasteiger partial charge >= 0.3 is 0 Å².